The number of carbonyl (C=O) groups excluding carboxylic acids is 1. The fraction of sp³-hybridized carbons (Fsp3) is 0.360. The third-order valence-electron chi connectivity index (χ3n) is 5.62. The molecule has 1 aliphatic heterocycles. The van der Waals surface area contributed by atoms with Crippen LogP contribution < -0.4 is 10.2 Å². The maximum Gasteiger partial charge on any atom is 0.290 e. The summed E-state index contributed by atoms with van der Waals surface area (Å²) in [7, 11) is 1.59. The molecule has 0 aliphatic carbocycles. The lowest BCUT2D eigenvalue weighted by Crippen LogP contribution is -2.32. The van der Waals surface area contributed by atoms with Crippen LogP contribution in [0.5, 0.6) is 5.75 Å². The standard InChI is InChI=1S/C25H27NO5/c1-5-11-30-18-8-6-17(7-9-18)22-21-23(27)20-16(3)13-15(2)14-19(20)31-24(21)25(28)26(22)10-12-29-4/h6-9,13-14,22H,5,10-12H2,1-4H3. The lowest BCUT2D eigenvalue weighted by molar-refractivity contribution is 0.0663. The topological polar surface area (TPSA) is 69.0 Å². The van der Waals surface area contributed by atoms with Gasteiger partial charge in [-0.3, -0.25) is 9.59 Å². The minimum absolute atomic E-state index is 0.120. The van der Waals surface area contributed by atoms with E-state index in [1.165, 1.54) is 0 Å². The van der Waals surface area contributed by atoms with Gasteiger partial charge in [0, 0.05) is 13.7 Å². The first-order chi connectivity index (χ1) is 15.0. The number of benzene rings is 2. The van der Waals surface area contributed by atoms with Gasteiger partial charge in [0.15, 0.2) is 5.43 Å². The van der Waals surface area contributed by atoms with E-state index in [0.29, 0.717) is 36.3 Å². The van der Waals surface area contributed by atoms with Crippen LogP contribution in [-0.2, 0) is 4.74 Å². The van der Waals surface area contributed by atoms with Crippen LogP contribution >= 0.6 is 0 Å². The summed E-state index contributed by atoms with van der Waals surface area (Å²) in [4.78, 5) is 28.5. The predicted octanol–water partition coefficient (Wildman–Crippen LogP) is 4.39. The first kappa shape index (κ1) is 21.1. The van der Waals surface area contributed by atoms with Crippen molar-refractivity contribution in [2.45, 2.75) is 33.2 Å². The minimum Gasteiger partial charge on any atom is -0.494 e. The van der Waals surface area contributed by atoms with Crippen molar-refractivity contribution < 1.29 is 18.7 Å². The van der Waals surface area contributed by atoms with Crippen molar-refractivity contribution in [3.05, 3.63) is 74.6 Å². The molecule has 2 heterocycles. The van der Waals surface area contributed by atoms with Crippen molar-refractivity contribution in [2.24, 2.45) is 0 Å². The van der Waals surface area contributed by atoms with E-state index in [-0.39, 0.29) is 17.1 Å². The largest absolute Gasteiger partial charge is 0.494 e. The van der Waals surface area contributed by atoms with Gasteiger partial charge in [-0.25, -0.2) is 0 Å². The van der Waals surface area contributed by atoms with Crippen molar-refractivity contribution in [2.75, 3.05) is 26.9 Å². The third-order valence-corrected chi connectivity index (χ3v) is 5.62. The molecule has 31 heavy (non-hydrogen) atoms. The smallest absolute Gasteiger partial charge is 0.290 e. The van der Waals surface area contributed by atoms with Gasteiger partial charge in [-0.1, -0.05) is 25.1 Å². The van der Waals surface area contributed by atoms with Crippen molar-refractivity contribution >= 4 is 16.9 Å². The van der Waals surface area contributed by atoms with Gasteiger partial charge >= 0.3 is 0 Å². The van der Waals surface area contributed by atoms with Gasteiger partial charge in [-0.15, -0.1) is 0 Å². The van der Waals surface area contributed by atoms with Gasteiger partial charge in [0.1, 0.15) is 11.3 Å². The molecule has 0 saturated heterocycles. The Bertz CT molecular complexity index is 1180. The predicted molar refractivity (Wildman–Crippen MR) is 119 cm³/mol. The van der Waals surface area contributed by atoms with Crippen LogP contribution in [0.1, 0.15) is 52.2 Å². The molecule has 0 saturated carbocycles. The summed E-state index contributed by atoms with van der Waals surface area (Å²) in [6.07, 6.45) is 0.921. The van der Waals surface area contributed by atoms with Crippen LogP contribution in [0.3, 0.4) is 0 Å². The van der Waals surface area contributed by atoms with Crippen LogP contribution in [-0.4, -0.2) is 37.7 Å². The summed E-state index contributed by atoms with van der Waals surface area (Å²) in [6.45, 7) is 7.24. The number of hydrogen-bond acceptors (Lipinski definition) is 5. The number of hydrogen-bond donors (Lipinski definition) is 0. The minimum atomic E-state index is -0.528. The highest BCUT2D eigenvalue weighted by molar-refractivity contribution is 5.99. The zero-order valence-corrected chi connectivity index (χ0v) is 18.4. The van der Waals surface area contributed by atoms with Gasteiger partial charge < -0.3 is 18.8 Å². The molecule has 6 nitrogen and oxygen atoms in total. The zero-order valence-electron chi connectivity index (χ0n) is 18.4. The number of amides is 1. The van der Waals surface area contributed by atoms with E-state index in [4.69, 9.17) is 13.9 Å². The first-order valence-electron chi connectivity index (χ1n) is 10.6. The molecule has 4 rings (SSSR count). The lowest BCUT2D eigenvalue weighted by atomic mass is 9.97. The van der Waals surface area contributed by atoms with E-state index < -0.39 is 6.04 Å². The monoisotopic (exact) mass is 421 g/mol. The van der Waals surface area contributed by atoms with E-state index in [0.717, 1.165) is 28.9 Å². The highest BCUT2D eigenvalue weighted by atomic mass is 16.5. The number of nitrogens with zero attached hydrogens (tertiary/aromatic N) is 1. The summed E-state index contributed by atoms with van der Waals surface area (Å²) in [5.41, 5.74) is 3.35. The summed E-state index contributed by atoms with van der Waals surface area (Å²) >= 11 is 0. The molecule has 0 radical (unpaired) electrons. The lowest BCUT2D eigenvalue weighted by Gasteiger charge is -2.25. The quantitative estimate of drug-likeness (QED) is 0.566. The average Bonchev–Trinajstić information content (AvgIpc) is 3.02. The molecular weight excluding hydrogens is 394 g/mol. The molecule has 0 spiro atoms. The Kier molecular flexibility index (Phi) is 5.83. The van der Waals surface area contributed by atoms with E-state index in [2.05, 4.69) is 6.92 Å². The van der Waals surface area contributed by atoms with Crippen molar-refractivity contribution in [3.63, 3.8) is 0 Å². The van der Waals surface area contributed by atoms with E-state index in [1.54, 1.807) is 12.0 Å². The van der Waals surface area contributed by atoms with Crippen molar-refractivity contribution in [3.8, 4) is 5.75 Å². The molecule has 0 N–H and O–H groups in total. The Balaban J connectivity index is 1.88. The number of ether oxygens (including phenoxy) is 2. The van der Waals surface area contributed by atoms with Crippen LogP contribution in [0, 0.1) is 13.8 Å². The summed E-state index contributed by atoms with van der Waals surface area (Å²) in [6, 6.07) is 10.8. The average molecular weight is 421 g/mol. The van der Waals surface area contributed by atoms with Gasteiger partial charge in [0.2, 0.25) is 5.76 Å². The normalized spacial score (nSPS) is 15.5. The fourth-order valence-electron chi connectivity index (χ4n) is 4.25. The Labute approximate surface area is 181 Å². The maximum absolute atomic E-state index is 13.6. The molecule has 1 aliphatic rings. The summed E-state index contributed by atoms with van der Waals surface area (Å²) in [5, 5.41) is 0.527. The molecular formula is C25H27NO5. The number of carbonyl (C=O) groups is 1. The molecule has 6 heteroatoms. The maximum atomic E-state index is 13.6. The van der Waals surface area contributed by atoms with Crippen molar-refractivity contribution in [1.82, 2.24) is 4.90 Å². The molecule has 0 bridgehead atoms. The number of methoxy groups -OCH3 is 1. The second kappa shape index (κ2) is 8.55. The molecule has 1 unspecified atom stereocenters. The van der Waals surface area contributed by atoms with Crippen LogP contribution in [0.15, 0.2) is 45.6 Å². The van der Waals surface area contributed by atoms with Crippen LogP contribution in [0.2, 0.25) is 0 Å². The Hall–Kier alpha value is -3.12. The number of aryl methyl sites for hydroxylation is 2. The zero-order chi connectivity index (χ0) is 22.1. The van der Waals surface area contributed by atoms with Gasteiger partial charge in [0.05, 0.1) is 30.2 Å². The Morgan fingerprint density at radius 3 is 2.48 bits per heavy atom. The van der Waals surface area contributed by atoms with Gasteiger partial charge in [-0.05, 0) is 55.2 Å². The molecule has 0 fully saturated rings. The number of rotatable bonds is 7. The summed E-state index contributed by atoms with van der Waals surface area (Å²) < 4.78 is 16.9. The SMILES string of the molecule is CCCOc1ccc(C2c3c(oc4cc(C)cc(C)c4c3=O)C(=O)N2CCOC)cc1. The van der Waals surface area contributed by atoms with E-state index in [9.17, 15) is 9.59 Å². The first-order valence-corrected chi connectivity index (χ1v) is 10.6. The fourth-order valence-corrected chi connectivity index (χ4v) is 4.25. The van der Waals surface area contributed by atoms with E-state index in [1.807, 2.05) is 50.2 Å². The van der Waals surface area contributed by atoms with Gasteiger partial charge in [0.25, 0.3) is 5.91 Å². The Morgan fingerprint density at radius 2 is 1.81 bits per heavy atom. The highest BCUT2D eigenvalue weighted by Gasteiger charge is 2.42. The highest BCUT2D eigenvalue weighted by Crippen LogP contribution is 2.38. The molecule has 1 atom stereocenters. The molecule has 162 valence electrons. The molecule has 3 aromatic rings. The molecule has 1 aromatic heterocycles. The third kappa shape index (κ3) is 3.72. The van der Waals surface area contributed by atoms with Crippen molar-refractivity contribution in [1.29, 1.82) is 0 Å². The Morgan fingerprint density at radius 1 is 1.06 bits per heavy atom. The van der Waals surface area contributed by atoms with E-state index >= 15 is 0 Å². The summed E-state index contributed by atoms with van der Waals surface area (Å²) in [5.74, 6) is 0.590. The number of fused-ring (bicyclic) bond motifs is 2. The molecule has 2 aromatic carbocycles. The van der Waals surface area contributed by atoms with Gasteiger partial charge in [-0.2, -0.15) is 0 Å². The van der Waals surface area contributed by atoms with Crippen LogP contribution in [0.4, 0.5) is 0 Å². The molecule has 1 amide bonds. The second-order valence-corrected chi connectivity index (χ2v) is 7.94. The van der Waals surface area contributed by atoms with Crippen LogP contribution in [0.25, 0.3) is 11.0 Å². The second-order valence-electron chi connectivity index (χ2n) is 7.94.